The Labute approximate surface area is 119 Å². The minimum atomic E-state index is 0.496. The fraction of sp³-hybridized carbons (Fsp3) is 0.278. The molecule has 1 aliphatic carbocycles. The minimum Gasteiger partial charge on any atom is -0.304 e. The lowest BCUT2D eigenvalue weighted by Crippen LogP contribution is -2.00. The van der Waals surface area contributed by atoms with Gasteiger partial charge in [-0.3, -0.25) is 0 Å². The van der Waals surface area contributed by atoms with Crippen LogP contribution in [0.1, 0.15) is 40.4 Å². The summed E-state index contributed by atoms with van der Waals surface area (Å²) >= 11 is 0. The van der Waals surface area contributed by atoms with E-state index in [1.54, 1.807) is 0 Å². The van der Waals surface area contributed by atoms with Crippen molar-refractivity contribution in [2.75, 3.05) is 0 Å². The first-order valence-electron chi connectivity index (χ1n) is 7.27. The van der Waals surface area contributed by atoms with Crippen LogP contribution in [0, 0.1) is 13.8 Å². The molecule has 100 valence electrons. The number of pyridine rings is 1. The molecule has 0 radical (unpaired) electrons. The zero-order valence-electron chi connectivity index (χ0n) is 11.9. The summed E-state index contributed by atoms with van der Waals surface area (Å²) in [6.45, 7) is 4.23. The molecule has 20 heavy (non-hydrogen) atoms. The van der Waals surface area contributed by atoms with E-state index >= 15 is 0 Å². The number of imidazole rings is 1. The summed E-state index contributed by atoms with van der Waals surface area (Å²) in [6, 6.07) is 13.2. The molecule has 1 unspecified atom stereocenters. The van der Waals surface area contributed by atoms with Crippen molar-refractivity contribution in [3.63, 3.8) is 0 Å². The number of hydrogen-bond donors (Lipinski definition) is 0. The summed E-state index contributed by atoms with van der Waals surface area (Å²) in [4.78, 5) is 4.79. The zero-order chi connectivity index (χ0) is 13.7. The monoisotopic (exact) mass is 262 g/mol. The van der Waals surface area contributed by atoms with Crippen molar-refractivity contribution in [2.24, 2.45) is 0 Å². The number of hydrogen-bond acceptors (Lipinski definition) is 1. The Hall–Kier alpha value is -2.09. The Kier molecular flexibility index (Phi) is 2.46. The van der Waals surface area contributed by atoms with Crippen LogP contribution in [0.3, 0.4) is 0 Å². The molecule has 0 fully saturated rings. The molecular formula is C18H18N2. The predicted molar refractivity (Wildman–Crippen MR) is 81.3 cm³/mol. The highest BCUT2D eigenvalue weighted by atomic mass is 15.0. The van der Waals surface area contributed by atoms with Gasteiger partial charge in [0, 0.05) is 23.4 Å². The van der Waals surface area contributed by atoms with Crippen molar-refractivity contribution >= 4 is 5.65 Å². The fourth-order valence-corrected chi connectivity index (χ4v) is 3.47. The topological polar surface area (TPSA) is 17.3 Å². The summed E-state index contributed by atoms with van der Waals surface area (Å²) in [6.07, 6.45) is 4.50. The third kappa shape index (κ3) is 1.54. The maximum atomic E-state index is 4.79. The molecule has 3 aromatic rings. The standard InChI is InChI=1S/C18H18N2/c1-12-13(2)20-11-5-8-17(18(20)19-12)16-10-9-14-6-3-4-7-15(14)16/h3-8,11,16H,9-10H2,1-2H3. The second kappa shape index (κ2) is 4.20. The first-order chi connectivity index (χ1) is 9.75. The number of aryl methyl sites for hydroxylation is 3. The van der Waals surface area contributed by atoms with Gasteiger partial charge in [-0.25, -0.2) is 4.98 Å². The quantitative estimate of drug-likeness (QED) is 0.647. The highest BCUT2D eigenvalue weighted by molar-refractivity contribution is 5.57. The van der Waals surface area contributed by atoms with E-state index in [2.05, 4.69) is 60.8 Å². The van der Waals surface area contributed by atoms with Crippen LogP contribution in [0.25, 0.3) is 5.65 Å². The number of rotatable bonds is 1. The Morgan fingerprint density at radius 3 is 2.75 bits per heavy atom. The van der Waals surface area contributed by atoms with Gasteiger partial charge in [-0.1, -0.05) is 30.3 Å². The summed E-state index contributed by atoms with van der Waals surface area (Å²) in [5.74, 6) is 0.496. The van der Waals surface area contributed by atoms with Crippen LogP contribution in [-0.2, 0) is 6.42 Å². The van der Waals surface area contributed by atoms with Crippen molar-refractivity contribution in [1.29, 1.82) is 0 Å². The molecule has 0 saturated carbocycles. The molecule has 2 heteroatoms. The van der Waals surface area contributed by atoms with Crippen molar-refractivity contribution < 1.29 is 0 Å². The van der Waals surface area contributed by atoms with Crippen molar-refractivity contribution in [3.8, 4) is 0 Å². The Balaban J connectivity index is 1.94. The summed E-state index contributed by atoms with van der Waals surface area (Å²) in [7, 11) is 0. The van der Waals surface area contributed by atoms with Crippen LogP contribution in [-0.4, -0.2) is 9.38 Å². The number of nitrogens with zero attached hydrogens (tertiary/aromatic N) is 2. The molecule has 2 nitrogen and oxygen atoms in total. The molecule has 0 saturated heterocycles. The maximum Gasteiger partial charge on any atom is 0.141 e. The van der Waals surface area contributed by atoms with E-state index in [-0.39, 0.29) is 0 Å². The normalized spacial score (nSPS) is 17.6. The molecule has 1 aromatic carbocycles. The smallest absolute Gasteiger partial charge is 0.141 e. The van der Waals surface area contributed by atoms with Gasteiger partial charge in [0.15, 0.2) is 0 Å². The third-order valence-corrected chi connectivity index (χ3v) is 4.66. The molecule has 1 atom stereocenters. The largest absolute Gasteiger partial charge is 0.304 e. The van der Waals surface area contributed by atoms with E-state index in [4.69, 9.17) is 4.98 Å². The number of fused-ring (bicyclic) bond motifs is 2. The van der Waals surface area contributed by atoms with Gasteiger partial charge >= 0.3 is 0 Å². The first-order valence-corrected chi connectivity index (χ1v) is 7.27. The van der Waals surface area contributed by atoms with E-state index < -0.39 is 0 Å². The van der Waals surface area contributed by atoms with E-state index in [1.165, 1.54) is 35.2 Å². The van der Waals surface area contributed by atoms with Gasteiger partial charge in [0.25, 0.3) is 0 Å². The molecular weight excluding hydrogens is 244 g/mol. The molecule has 0 amide bonds. The van der Waals surface area contributed by atoms with Crippen LogP contribution in [0.4, 0.5) is 0 Å². The lowest BCUT2D eigenvalue weighted by atomic mass is 9.94. The van der Waals surface area contributed by atoms with Gasteiger partial charge in [-0.2, -0.15) is 0 Å². The number of aromatic nitrogens is 2. The lowest BCUT2D eigenvalue weighted by molar-refractivity contribution is 0.787. The summed E-state index contributed by atoms with van der Waals surface area (Å²) in [5, 5.41) is 0. The van der Waals surface area contributed by atoms with Gasteiger partial charge in [-0.15, -0.1) is 0 Å². The van der Waals surface area contributed by atoms with Gasteiger partial charge in [0.1, 0.15) is 5.65 Å². The zero-order valence-corrected chi connectivity index (χ0v) is 11.9. The maximum absolute atomic E-state index is 4.79. The average molecular weight is 262 g/mol. The average Bonchev–Trinajstić information content (AvgIpc) is 3.02. The van der Waals surface area contributed by atoms with E-state index in [9.17, 15) is 0 Å². The molecule has 0 N–H and O–H groups in total. The van der Waals surface area contributed by atoms with Crippen LogP contribution < -0.4 is 0 Å². The summed E-state index contributed by atoms with van der Waals surface area (Å²) < 4.78 is 2.23. The molecule has 0 spiro atoms. The van der Waals surface area contributed by atoms with Crippen LogP contribution in [0.15, 0.2) is 42.6 Å². The van der Waals surface area contributed by atoms with Gasteiger partial charge in [0.05, 0.1) is 5.69 Å². The third-order valence-electron chi connectivity index (χ3n) is 4.66. The molecule has 4 rings (SSSR count). The van der Waals surface area contributed by atoms with E-state index in [1.807, 2.05) is 0 Å². The Morgan fingerprint density at radius 1 is 1.05 bits per heavy atom. The first kappa shape index (κ1) is 11.7. The van der Waals surface area contributed by atoms with Gasteiger partial charge < -0.3 is 4.40 Å². The van der Waals surface area contributed by atoms with Crippen molar-refractivity contribution in [2.45, 2.75) is 32.6 Å². The van der Waals surface area contributed by atoms with Crippen LogP contribution in [0.2, 0.25) is 0 Å². The Morgan fingerprint density at radius 2 is 1.85 bits per heavy atom. The van der Waals surface area contributed by atoms with Crippen LogP contribution >= 0.6 is 0 Å². The molecule has 0 bridgehead atoms. The molecule has 1 aliphatic rings. The van der Waals surface area contributed by atoms with E-state index in [0.717, 1.165) is 11.3 Å². The van der Waals surface area contributed by atoms with Gasteiger partial charge in [-0.05, 0) is 43.9 Å². The highest BCUT2D eigenvalue weighted by Gasteiger charge is 2.26. The van der Waals surface area contributed by atoms with Gasteiger partial charge in [0.2, 0.25) is 0 Å². The molecule has 2 heterocycles. The van der Waals surface area contributed by atoms with Crippen molar-refractivity contribution in [3.05, 3.63) is 70.7 Å². The number of benzene rings is 1. The second-order valence-corrected chi connectivity index (χ2v) is 5.73. The second-order valence-electron chi connectivity index (χ2n) is 5.73. The lowest BCUT2D eigenvalue weighted by Gasteiger charge is -2.13. The highest BCUT2D eigenvalue weighted by Crippen LogP contribution is 2.39. The predicted octanol–water partition coefficient (Wildman–Crippen LogP) is 4.03. The SMILES string of the molecule is Cc1nc2c(C3CCc4ccccc43)cccn2c1C. The fourth-order valence-electron chi connectivity index (χ4n) is 3.47. The van der Waals surface area contributed by atoms with Crippen molar-refractivity contribution in [1.82, 2.24) is 9.38 Å². The van der Waals surface area contributed by atoms with Crippen LogP contribution in [0.5, 0.6) is 0 Å². The molecule has 2 aromatic heterocycles. The summed E-state index contributed by atoms with van der Waals surface area (Å²) in [5.41, 5.74) is 7.85. The van der Waals surface area contributed by atoms with E-state index in [0.29, 0.717) is 5.92 Å². The molecule has 0 aliphatic heterocycles. The minimum absolute atomic E-state index is 0.496. The Bertz CT molecular complexity index is 798.